The van der Waals surface area contributed by atoms with E-state index in [2.05, 4.69) is 0 Å². The maximum Gasteiger partial charge on any atom is 0.229 e. The number of carbonyl (C=O) groups excluding carboxylic acids is 3. The molecule has 12 nitrogen and oxygen atoms in total. The second-order valence-corrected chi connectivity index (χ2v) is 16.2. The summed E-state index contributed by atoms with van der Waals surface area (Å²) in [6.45, 7) is 11.4. The van der Waals surface area contributed by atoms with Gasteiger partial charge in [-0.05, 0) is 74.9 Å². The van der Waals surface area contributed by atoms with Crippen molar-refractivity contribution in [3.05, 3.63) is 23.0 Å². The van der Waals surface area contributed by atoms with E-state index in [-0.39, 0.29) is 49.6 Å². The minimum atomic E-state index is -1.95. The van der Waals surface area contributed by atoms with Crippen LogP contribution in [0.25, 0.3) is 0 Å². The summed E-state index contributed by atoms with van der Waals surface area (Å²) >= 11 is 0. The van der Waals surface area contributed by atoms with Crippen molar-refractivity contribution in [2.45, 2.75) is 135 Å². The predicted molar refractivity (Wildman–Crippen MR) is 166 cm³/mol. The molecule has 13 atom stereocenters. The summed E-state index contributed by atoms with van der Waals surface area (Å²) in [5.41, 5.74) is -4.53. The lowest BCUT2D eigenvalue weighted by molar-refractivity contribution is -0.291. The predicted octanol–water partition coefficient (Wildman–Crippen LogP) is 0.856. The van der Waals surface area contributed by atoms with Crippen molar-refractivity contribution in [2.75, 3.05) is 6.61 Å². The van der Waals surface area contributed by atoms with Crippen molar-refractivity contribution in [1.82, 2.24) is 0 Å². The highest BCUT2D eigenvalue weighted by atomic mass is 16.7. The van der Waals surface area contributed by atoms with E-state index in [1.165, 1.54) is 6.92 Å². The van der Waals surface area contributed by atoms with Gasteiger partial charge in [0.25, 0.3) is 0 Å². The van der Waals surface area contributed by atoms with E-state index in [0.717, 1.165) is 5.57 Å². The van der Waals surface area contributed by atoms with Crippen molar-refractivity contribution in [3.8, 4) is 0 Å². The van der Waals surface area contributed by atoms with Crippen LogP contribution in [0, 0.1) is 34.0 Å². The summed E-state index contributed by atoms with van der Waals surface area (Å²) in [5, 5.41) is 74.0. The third-order valence-corrected chi connectivity index (χ3v) is 12.9. The number of carbonyl (C=O) groups is 3. The van der Waals surface area contributed by atoms with Gasteiger partial charge >= 0.3 is 0 Å². The Morgan fingerprint density at radius 1 is 1.02 bits per heavy atom. The van der Waals surface area contributed by atoms with Gasteiger partial charge in [0.05, 0.1) is 18.3 Å². The van der Waals surface area contributed by atoms with Crippen LogP contribution >= 0.6 is 0 Å². The van der Waals surface area contributed by atoms with Crippen LogP contribution in [0.3, 0.4) is 0 Å². The lowest BCUT2D eigenvalue weighted by Crippen LogP contribution is -2.64. The molecule has 3 fully saturated rings. The minimum Gasteiger partial charge on any atom is -0.458 e. The van der Waals surface area contributed by atoms with E-state index in [1.54, 1.807) is 20.8 Å². The molecule has 5 rings (SSSR count). The van der Waals surface area contributed by atoms with Gasteiger partial charge in [0, 0.05) is 36.5 Å². The van der Waals surface area contributed by atoms with Crippen LogP contribution < -0.4 is 0 Å². The molecule has 7 N–H and O–H groups in total. The zero-order valence-electron chi connectivity index (χ0n) is 28.4. The Kier molecular flexibility index (Phi) is 9.10. The molecule has 5 aliphatic rings. The lowest BCUT2D eigenvalue weighted by atomic mass is 9.39. The summed E-state index contributed by atoms with van der Waals surface area (Å²) in [6.07, 6.45) is -6.16. The van der Waals surface area contributed by atoms with Gasteiger partial charge in [-0.15, -0.1) is 0 Å². The first-order chi connectivity index (χ1) is 21.6. The van der Waals surface area contributed by atoms with Crippen molar-refractivity contribution in [2.24, 2.45) is 34.0 Å². The number of rotatable bonds is 8. The zero-order valence-corrected chi connectivity index (χ0v) is 28.4. The third-order valence-electron chi connectivity index (χ3n) is 12.9. The molecule has 0 amide bonds. The Morgan fingerprint density at radius 3 is 2.26 bits per heavy atom. The van der Waals surface area contributed by atoms with Gasteiger partial charge in [-0.1, -0.05) is 26.8 Å². The molecule has 0 aromatic heterocycles. The molecule has 0 aromatic carbocycles. The van der Waals surface area contributed by atoms with Crippen molar-refractivity contribution in [3.63, 3.8) is 0 Å². The molecule has 0 bridgehead atoms. The quantitative estimate of drug-likeness (QED) is 0.193. The highest BCUT2D eigenvalue weighted by Crippen LogP contribution is 2.73. The summed E-state index contributed by atoms with van der Waals surface area (Å²) in [7, 11) is 0. The van der Waals surface area contributed by atoms with Crippen LogP contribution in [0.4, 0.5) is 0 Å². The average molecular weight is 665 g/mol. The minimum absolute atomic E-state index is 0.0118. The first-order valence-corrected chi connectivity index (χ1v) is 16.7. The second kappa shape index (κ2) is 11.8. The molecule has 1 aliphatic heterocycles. The standard InChI is InChI=1S/C35H52O12/c1-16-17-8-9-22-32(4)13-20(38)29(35(7,45)23(39)10-11-31(2,3)44)33(32,5)14-24(40)34(22,6)18(17)12-19(37)28(16)47-30-27(43)26(42)25(41)21(15-36)46-30/h8,18,20-22,25-27,29-30,36,38,41-45H,9-15H2,1-7H3/t18-,20+,21?,22-,25?,26?,27?,29-,30?,32-,33+,34-,35-/m0/s1. The highest BCUT2D eigenvalue weighted by molar-refractivity contribution is 5.99. The average Bonchev–Trinajstić information content (AvgIpc) is 3.18. The fraction of sp³-hybridized carbons (Fsp3) is 0.800. The summed E-state index contributed by atoms with van der Waals surface area (Å²) < 4.78 is 11.3. The third kappa shape index (κ3) is 5.38. The topological polar surface area (TPSA) is 211 Å². The number of Topliss-reactive ketones (excluding diaryl/α,β-unsaturated/α-hetero) is 3. The van der Waals surface area contributed by atoms with Gasteiger partial charge in [-0.3, -0.25) is 14.4 Å². The van der Waals surface area contributed by atoms with Gasteiger partial charge in [0.2, 0.25) is 6.29 Å². The first kappa shape index (κ1) is 36.3. The second-order valence-electron chi connectivity index (χ2n) is 16.2. The molecule has 0 aromatic rings. The van der Waals surface area contributed by atoms with Crippen LogP contribution in [-0.2, 0) is 23.9 Å². The van der Waals surface area contributed by atoms with Gasteiger partial charge in [0.15, 0.2) is 17.3 Å². The van der Waals surface area contributed by atoms with Crippen LogP contribution in [0.15, 0.2) is 23.0 Å². The lowest BCUT2D eigenvalue weighted by Gasteiger charge is -2.63. The van der Waals surface area contributed by atoms with E-state index >= 15 is 0 Å². The van der Waals surface area contributed by atoms with E-state index < -0.39 is 94.3 Å². The number of hydrogen-bond acceptors (Lipinski definition) is 12. The van der Waals surface area contributed by atoms with Crippen molar-refractivity contribution < 1.29 is 59.6 Å². The maximum atomic E-state index is 14.5. The van der Waals surface area contributed by atoms with Crippen LogP contribution in [0.2, 0.25) is 0 Å². The molecule has 5 unspecified atom stereocenters. The molecule has 47 heavy (non-hydrogen) atoms. The Hall–Kier alpha value is -2.03. The Morgan fingerprint density at radius 2 is 1.66 bits per heavy atom. The normalized spacial score (nSPS) is 45.1. The van der Waals surface area contributed by atoms with Crippen molar-refractivity contribution >= 4 is 17.3 Å². The van der Waals surface area contributed by atoms with Crippen LogP contribution in [0.5, 0.6) is 0 Å². The molecule has 0 spiro atoms. The number of hydrogen-bond donors (Lipinski definition) is 7. The largest absolute Gasteiger partial charge is 0.458 e. The van der Waals surface area contributed by atoms with Gasteiger partial charge in [-0.2, -0.15) is 0 Å². The van der Waals surface area contributed by atoms with Gasteiger partial charge in [-0.25, -0.2) is 0 Å². The van der Waals surface area contributed by atoms with Crippen LogP contribution in [0.1, 0.15) is 87.0 Å². The van der Waals surface area contributed by atoms with E-state index in [4.69, 9.17) is 9.47 Å². The monoisotopic (exact) mass is 664 g/mol. The first-order valence-electron chi connectivity index (χ1n) is 16.7. The molecule has 0 radical (unpaired) electrons. The Bertz CT molecular complexity index is 1370. The fourth-order valence-corrected chi connectivity index (χ4v) is 10.1. The molecular formula is C35H52O12. The van der Waals surface area contributed by atoms with Gasteiger partial charge in [0.1, 0.15) is 35.8 Å². The molecule has 2 saturated carbocycles. The fourth-order valence-electron chi connectivity index (χ4n) is 10.1. The van der Waals surface area contributed by atoms with E-state index in [1.807, 2.05) is 26.8 Å². The molecule has 4 aliphatic carbocycles. The molecule has 1 saturated heterocycles. The molecule has 264 valence electrons. The number of ketones is 3. The highest BCUT2D eigenvalue weighted by Gasteiger charge is 2.74. The number of ether oxygens (including phenoxy) is 2. The summed E-state index contributed by atoms with van der Waals surface area (Å²) in [6, 6.07) is 0. The van der Waals surface area contributed by atoms with Gasteiger partial charge < -0.3 is 45.2 Å². The maximum absolute atomic E-state index is 14.5. The zero-order chi connectivity index (χ0) is 35.2. The van der Waals surface area contributed by atoms with E-state index in [0.29, 0.717) is 12.0 Å². The Balaban J connectivity index is 1.48. The number of allylic oxidation sites excluding steroid dienone is 4. The summed E-state index contributed by atoms with van der Waals surface area (Å²) in [4.78, 5) is 41.7. The molecule has 12 heteroatoms. The Labute approximate surface area is 275 Å². The number of aliphatic hydroxyl groups excluding tert-OH is 5. The van der Waals surface area contributed by atoms with Crippen molar-refractivity contribution in [1.29, 1.82) is 0 Å². The van der Waals surface area contributed by atoms with E-state index in [9.17, 15) is 50.1 Å². The number of aliphatic hydroxyl groups is 7. The molecule has 1 heterocycles. The molecular weight excluding hydrogens is 612 g/mol. The SMILES string of the molecule is CC1=C(OC2OC(CO)C(O)C(O)C2O)C(=O)C[C@H]2C1=CC[C@@H]1[C@@]2(C)C(=O)C[C@]2(C)[C@@H]([C@@](C)(O)C(=O)CCC(C)(C)O)[C@H](O)C[C@@]12C. The smallest absolute Gasteiger partial charge is 0.229 e. The van der Waals surface area contributed by atoms with Crippen LogP contribution in [-0.4, -0.2) is 108 Å². The summed E-state index contributed by atoms with van der Waals surface area (Å²) in [5.74, 6) is -2.90. The number of fused-ring (bicyclic) bond motifs is 5.